The van der Waals surface area contributed by atoms with Gasteiger partial charge in [-0.15, -0.1) is 0 Å². The molecule has 1 spiro atoms. The molecule has 4 N–H and O–H groups in total. The summed E-state index contributed by atoms with van der Waals surface area (Å²) in [5, 5.41) is 5.50. The Labute approximate surface area is 131 Å². The van der Waals surface area contributed by atoms with Crippen molar-refractivity contribution in [3.05, 3.63) is 0 Å². The van der Waals surface area contributed by atoms with E-state index < -0.39 is 17.1 Å². The smallest absolute Gasteiger partial charge is 0.325 e. The van der Waals surface area contributed by atoms with Crippen molar-refractivity contribution in [3.8, 4) is 0 Å². The van der Waals surface area contributed by atoms with Gasteiger partial charge in [0.2, 0.25) is 5.91 Å². The van der Waals surface area contributed by atoms with Crippen LogP contribution in [0.3, 0.4) is 0 Å². The highest BCUT2D eigenvalue weighted by atomic mass is 16.2. The fraction of sp³-hybridized carbons (Fsp3) is 0.800. The summed E-state index contributed by atoms with van der Waals surface area (Å²) in [6, 6.07) is -0.466. The Kier molecular flexibility index (Phi) is 4.75. The van der Waals surface area contributed by atoms with Gasteiger partial charge in [-0.3, -0.25) is 14.5 Å². The summed E-state index contributed by atoms with van der Waals surface area (Å²) in [7, 11) is 0. The topological polar surface area (TPSA) is 105 Å². The quantitative estimate of drug-likeness (QED) is 0.621. The maximum atomic E-state index is 12.4. The molecule has 0 bridgehead atoms. The van der Waals surface area contributed by atoms with Gasteiger partial charge in [0, 0.05) is 12.1 Å². The average Bonchev–Trinajstić information content (AvgIpc) is 3.06. The van der Waals surface area contributed by atoms with Gasteiger partial charge in [0.1, 0.15) is 12.1 Å². The standard InChI is InChI=1S/C15H26N4O3/c1-3-14(16,4-2)10-17-11(20)9-19-12(21)15(18-13(19)22)7-5-6-8-15/h3-10,16H2,1-2H3,(H,17,20)(H,18,22). The normalized spacial score (nSPS) is 20.6. The largest absolute Gasteiger partial charge is 0.353 e. The first-order valence-electron chi connectivity index (χ1n) is 8.05. The summed E-state index contributed by atoms with van der Waals surface area (Å²) in [6.45, 7) is 4.04. The molecule has 0 atom stereocenters. The highest BCUT2D eigenvalue weighted by Gasteiger charge is 2.52. The monoisotopic (exact) mass is 310 g/mol. The van der Waals surface area contributed by atoms with Gasteiger partial charge in [0.25, 0.3) is 5.91 Å². The summed E-state index contributed by atoms with van der Waals surface area (Å²) in [4.78, 5) is 37.5. The Morgan fingerprint density at radius 2 is 1.91 bits per heavy atom. The first-order chi connectivity index (χ1) is 10.4. The van der Waals surface area contributed by atoms with Crippen molar-refractivity contribution in [2.75, 3.05) is 13.1 Å². The van der Waals surface area contributed by atoms with E-state index in [2.05, 4.69) is 10.6 Å². The second-order valence-corrected chi connectivity index (χ2v) is 6.46. The lowest BCUT2D eigenvalue weighted by Crippen LogP contribution is -2.51. The van der Waals surface area contributed by atoms with Crippen molar-refractivity contribution >= 4 is 17.8 Å². The molecule has 0 unspecified atom stereocenters. The second kappa shape index (κ2) is 6.24. The number of imide groups is 1. The molecule has 7 heteroatoms. The van der Waals surface area contributed by atoms with E-state index in [-0.39, 0.29) is 18.4 Å². The van der Waals surface area contributed by atoms with Crippen LogP contribution in [0.25, 0.3) is 0 Å². The Morgan fingerprint density at radius 3 is 2.45 bits per heavy atom. The Bertz CT molecular complexity index is 467. The lowest BCUT2D eigenvalue weighted by Gasteiger charge is -2.27. The number of hydrogen-bond acceptors (Lipinski definition) is 4. The van der Waals surface area contributed by atoms with Gasteiger partial charge in [0.15, 0.2) is 0 Å². The van der Waals surface area contributed by atoms with Crippen LogP contribution in [0.5, 0.6) is 0 Å². The van der Waals surface area contributed by atoms with E-state index in [0.29, 0.717) is 19.4 Å². The maximum absolute atomic E-state index is 12.4. The summed E-state index contributed by atoms with van der Waals surface area (Å²) in [5.41, 5.74) is 4.92. The zero-order chi connectivity index (χ0) is 16.4. The number of nitrogens with zero attached hydrogens (tertiary/aromatic N) is 1. The lowest BCUT2D eigenvalue weighted by molar-refractivity contribution is -0.134. The predicted octanol–water partition coefficient (Wildman–Crippen LogP) is 0.485. The molecule has 0 radical (unpaired) electrons. The van der Waals surface area contributed by atoms with Gasteiger partial charge in [-0.2, -0.15) is 0 Å². The first-order valence-corrected chi connectivity index (χ1v) is 8.05. The molecule has 0 aromatic heterocycles. The van der Waals surface area contributed by atoms with Crippen molar-refractivity contribution in [2.45, 2.75) is 63.5 Å². The van der Waals surface area contributed by atoms with Crippen molar-refractivity contribution in [3.63, 3.8) is 0 Å². The Hall–Kier alpha value is -1.63. The third kappa shape index (κ3) is 3.09. The van der Waals surface area contributed by atoms with E-state index in [0.717, 1.165) is 30.6 Å². The molecule has 2 rings (SSSR count). The molecular weight excluding hydrogens is 284 g/mol. The number of nitrogens with one attached hydrogen (secondary N) is 2. The summed E-state index contributed by atoms with van der Waals surface area (Å²) in [5.74, 6) is -0.620. The summed E-state index contributed by atoms with van der Waals surface area (Å²) >= 11 is 0. The van der Waals surface area contributed by atoms with Gasteiger partial charge in [-0.1, -0.05) is 26.7 Å². The Balaban J connectivity index is 1.92. The molecule has 1 aliphatic carbocycles. The number of nitrogens with two attached hydrogens (primary N) is 1. The number of amides is 4. The minimum atomic E-state index is -0.762. The molecular formula is C15H26N4O3. The number of carbonyl (C=O) groups excluding carboxylic acids is 3. The van der Waals surface area contributed by atoms with Gasteiger partial charge in [-0.05, 0) is 25.7 Å². The third-order valence-electron chi connectivity index (χ3n) is 5.05. The highest BCUT2D eigenvalue weighted by molar-refractivity contribution is 6.09. The maximum Gasteiger partial charge on any atom is 0.325 e. The Morgan fingerprint density at radius 1 is 1.32 bits per heavy atom. The molecule has 1 heterocycles. The van der Waals surface area contributed by atoms with E-state index in [9.17, 15) is 14.4 Å². The molecule has 1 aliphatic heterocycles. The number of rotatable bonds is 6. The molecule has 22 heavy (non-hydrogen) atoms. The molecule has 1 saturated heterocycles. The van der Waals surface area contributed by atoms with Gasteiger partial charge in [-0.25, -0.2) is 4.79 Å². The summed E-state index contributed by atoms with van der Waals surface area (Å²) < 4.78 is 0. The minimum absolute atomic E-state index is 0.240. The highest BCUT2D eigenvalue weighted by Crippen LogP contribution is 2.34. The molecule has 124 valence electrons. The molecule has 4 amide bonds. The van der Waals surface area contributed by atoms with E-state index in [1.807, 2.05) is 13.8 Å². The lowest BCUT2D eigenvalue weighted by atomic mass is 9.94. The zero-order valence-corrected chi connectivity index (χ0v) is 13.4. The fourth-order valence-electron chi connectivity index (χ4n) is 3.11. The van der Waals surface area contributed by atoms with Crippen LogP contribution >= 0.6 is 0 Å². The van der Waals surface area contributed by atoms with Crippen molar-refractivity contribution < 1.29 is 14.4 Å². The van der Waals surface area contributed by atoms with Gasteiger partial charge in [0.05, 0.1) is 0 Å². The molecule has 1 saturated carbocycles. The number of urea groups is 1. The number of hydrogen-bond donors (Lipinski definition) is 3. The fourth-order valence-corrected chi connectivity index (χ4v) is 3.11. The first kappa shape index (κ1) is 16.7. The third-order valence-corrected chi connectivity index (χ3v) is 5.05. The summed E-state index contributed by atoms with van der Waals surface area (Å²) in [6.07, 6.45) is 4.66. The molecule has 0 aromatic carbocycles. The molecule has 7 nitrogen and oxygen atoms in total. The van der Waals surface area contributed by atoms with Gasteiger partial charge >= 0.3 is 6.03 Å². The van der Waals surface area contributed by atoms with E-state index in [1.54, 1.807) is 0 Å². The van der Waals surface area contributed by atoms with Crippen LogP contribution in [0.15, 0.2) is 0 Å². The minimum Gasteiger partial charge on any atom is -0.353 e. The predicted molar refractivity (Wildman–Crippen MR) is 82.0 cm³/mol. The average molecular weight is 310 g/mol. The second-order valence-electron chi connectivity index (χ2n) is 6.46. The van der Waals surface area contributed by atoms with Gasteiger partial charge < -0.3 is 16.4 Å². The molecule has 2 aliphatic rings. The van der Waals surface area contributed by atoms with E-state index >= 15 is 0 Å². The zero-order valence-electron chi connectivity index (χ0n) is 13.4. The van der Waals surface area contributed by atoms with E-state index in [4.69, 9.17) is 5.73 Å². The van der Waals surface area contributed by atoms with Crippen LogP contribution in [0.4, 0.5) is 4.79 Å². The van der Waals surface area contributed by atoms with Crippen LogP contribution in [-0.4, -0.2) is 46.9 Å². The van der Waals surface area contributed by atoms with Crippen LogP contribution in [0.2, 0.25) is 0 Å². The van der Waals surface area contributed by atoms with Crippen molar-refractivity contribution in [1.82, 2.24) is 15.5 Å². The van der Waals surface area contributed by atoms with Crippen LogP contribution < -0.4 is 16.4 Å². The molecule has 0 aromatic rings. The van der Waals surface area contributed by atoms with Crippen LogP contribution in [0, 0.1) is 0 Å². The van der Waals surface area contributed by atoms with E-state index in [1.165, 1.54) is 0 Å². The van der Waals surface area contributed by atoms with Crippen molar-refractivity contribution in [1.29, 1.82) is 0 Å². The SMILES string of the molecule is CCC(N)(CC)CNC(=O)CN1C(=O)NC2(CCCC2)C1=O. The van der Waals surface area contributed by atoms with Crippen LogP contribution in [0.1, 0.15) is 52.4 Å². The number of carbonyl (C=O) groups is 3. The molecule has 2 fully saturated rings. The van der Waals surface area contributed by atoms with Crippen molar-refractivity contribution in [2.24, 2.45) is 5.73 Å². The van der Waals surface area contributed by atoms with Crippen LogP contribution in [-0.2, 0) is 9.59 Å².